The number of carboxylic acids is 1. The van der Waals surface area contributed by atoms with Crippen LogP contribution in [-0.4, -0.2) is 25.5 Å². The highest BCUT2D eigenvalue weighted by Crippen LogP contribution is 2.31. The van der Waals surface area contributed by atoms with E-state index < -0.39 is 28.0 Å². The summed E-state index contributed by atoms with van der Waals surface area (Å²) in [6, 6.07) is 3.97. The summed E-state index contributed by atoms with van der Waals surface area (Å²) in [7, 11) is -3.81. The maximum atomic E-state index is 12.2. The maximum Gasteiger partial charge on any atom is 0.306 e. The van der Waals surface area contributed by atoms with Crippen LogP contribution in [0.4, 0.5) is 0 Å². The predicted octanol–water partition coefficient (Wildman–Crippen LogP) is 2.53. The van der Waals surface area contributed by atoms with Gasteiger partial charge in [-0.1, -0.05) is 29.3 Å². The smallest absolute Gasteiger partial charge is 0.306 e. The van der Waals surface area contributed by atoms with E-state index in [1.165, 1.54) is 18.2 Å². The predicted molar refractivity (Wildman–Crippen MR) is 75.5 cm³/mol. The zero-order valence-corrected chi connectivity index (χ0v) is 12.7. The van der Waals surface area contributed by atoms with Crippen LogP contribution in [0.3, 0.4) is 0 Å². The molecule has 2 N–H and O–H groups in total. The van der Waals surface area contributed by atoms with E-state index in [4.69, 9.17) is 28.3 Å². The second-order valence-corrected chi connectivity index (χ2v) is 7.19. The highest BCUT2D eigenvalue weighted by atomic mass is 35.5. The first-order valence-electron chi connectivity index (χ1n) is 6.00. The van der Waals surface area contributed by atoms with Crippen LogP contribution in [0.2, 0.25) is 10.0 Å². The molecule has 0 amide bonds. The normalized spacial score (nSPS) is 22.9. The lowest BCUT2D eigenvalue weighted by atomic mass is 10.1. The lowest BCUT2D eigenvalue weighted by Gasteiger charge is -2.14. The van der Waals surface area contributed by atoms with Crippen LogP contribution in [0, 0.1) is 5.92 Å². The fourth-order valence-corrected chi connectivity index (χ4v) is 4.33. The molecule has 110 valence electrons. The quantitative estimate of drug-likeness (QED) is 0.884. The lowest BCUT2D eigenvalue weighted by molar-refractivity contribution is -0.141. The number of hydrogen-bond acceptors (Lipinski definition) is 3. The van der Waals surface area contributed by atoms with Crippen LogP contribution in [0.25, 0.3) is 0 Å². The number of carboxylic acid groups (broad SMARTS) is 1. The van der Waals surface area contributed by atoms with Crippen LogP contribution in [0.1, 0.15) is 19.3 Å². The molecule has 1 aliphatic rings. The molecule has 0 aromatic heterocycles. The van der Waals surface area contributed by atoms with Crippen molar-refractivity contribution >= 4 is 39.2 Å². The van der Waals surface area contributed by atoms with Gasteiger partial charge in [0.05, 0.1) is 16.0 Å². The molecule has 0 heterocycles. The molecule has 0 aliphatic heterocycles. The molecule has 5 nitrogen and oxygen atoms in total. The average Bonchev–Trinajstić information content (AvgIpc) is 2.80. The molecule has 8 heteroatoms. The molecule has 0 spiro atoms. The summed E-state index contributed by atoms with van der Waals surface area (Å²) < 4.78 is 27.0. The second kappa shape index (κ2) is 5.89. The lowest BCUT2D eigenvalue weighted by Crippen LogP contribution is -2.33. The van der Waals surface area contributed by atoms with Crippen molar-refractivity contribution in [1.82, 2.24) is 4.72 Å². The van der Waals surface area contributed by atoms with E-state index in [1.54, 1.807) is 0 Å². The van der Waals surface area contributed by atoms with Gasteiger partial charge in [0, 0.05) is 6.04 Å². The largest absolute Gasteiger partial charge is 0.481 e. The highest BCUT2D eigenvalue weighted by molar-refractivity contribution is 7.89. The van der Waals surface area contributed by atoms with Gasteiger partial charge in [-0.3, -0.25) is 4.79 Å². The molecule has 0 radical (unpaired) electrons. The molecule has 20 heavy (non-hydrogen) atoms. The summed E-state index contributed by atoms with van der Waals surface area (Å²) in [5.74, 6) is -1.40. The molecule has 1 aromatic rings. The van der Waals surface area contributed by atoms with Crippen molar-refractivity contribution in [2.45, 2.75) is 30.2 Å². The number of aliphatic carboxylic acids is 1. The number of nitrogens with one attached hydrogen (secondary N) is 1. The van der Waals surface area contributed by atoms with Crippen LogP contribution < -0.4 is 4.72 Å². The summed E-state index contributed by atoms with van der Waals surface area (Å²) in [5.41, 5.74) is 0. The van der Waals surface area contributed by atoms with Crippen molar-refractivity contribution in [3.8, 4) is 0 Å². The minimum atomic E-state index is -3.81. The summed E-state index contributed by atoms with van der Waals surface area (Å²) in [6.45, 7) is 0. The Hall–Kier alpha value is -0.820. The maximum absolute atomic E-state index is 12.2. The van der Waals surface area contributed by atoms with Gasteiger partial charge in [-0.15, -0.1) is 0 Å². The van der Waals surface area contributed by atoms with Gasteiger partial charge in [-0.25, -0.2) is 13.1 Å². The molecule has 2 rings (SSSR count). The van der Waals surface area contributed by atoms with E-state index in [-0.39, 0.29) is 21.4 Å². The molecule has 0 bridgehead atoms. The van der Waals surface area contributed by atoms with E-state index in [2.05, 4.69) is 4.72 Å². The van der Waals surface area contributed by atoms with Gasteiger partial charge in [0.25, 0.3) is 0 Å². The van der Waals surface area contributed by atoms with Crippen molar-refractivity contribution in [3.05, 3.63) is 28.2 Å². The van der Waals surface area contributed by atoms with Gasteiger partial charge in [0.1, 0.15) is 4.90 Å². The van der Waals surface area contributed by atoms with E-state index >= 15 is 0 Å². The highest BCUT2D eigenvalue weighted by Gasteiger charge is 2.33. The van der Waals surface area contributed by atoms with Gasteiger partial charge < -0.3 is 5.11 Å². The Balaban J connectivity index is 2.17. The summed E-state index contributed by atoms with van der Waals surface area (Å²) in [6.07, 6.45) is 1.24. The van der Waals surface area contributed by atoms with E-state index in [0.29, 0.717) is 12.8 Å². The van der Waals surface area contributed by atoms with Crippen LogP contribution >= 0.6 is 23.2 Å². The third kappa shape index (κ3) is 3.25. The first kappa shape index (κ1) is 15.6. The molecule has 2 unspecified atom stereocenters. The number of sulfonamides is 1. The van der Waals surface area contributed by atoms with Crippen molar-refractivity contribution in [3.63, 3.8) is 0 Å². The Kier molecular flexibility index (Phi) is 4.59. The van der Waals surface area contributed by atoms with Crippen molar-refractivity contribution in [1.29, 1.82) is 0 Å². The Morgan fingerprint density at radius 1 is 1.30 bits per heavy atom. The molecular formula is C12H13Cl2NO4S. The van der Waals surface area contributed by atoms with Gasteiger partial charge in [0.15, 0.2) is 0 Å². The Bertz CT molecular complexity index is 632. The summed E-state index contributed by atoms with van der Waals surface area (Å²) in [4.78, 5) is 10.8. The molecular weight excluding hydrogens is 325 g/mol. The van der Waals surface area contributed by atoms with Gasteiger partial charge in [-0.05, 0) is 31.4 Å². The molecule has 1 fully saturated rings. The second-order valence-electron chi connectivity index (χ2n) is 4.72. The first-order chi connectivity index (χ1) is 9.31. The topological polar surface area (TPSA) is 83.5 Å². The Morgan fingerprint density at radius 2 is 2.00 bits per heavy atom. The molecule has 1 aromatic carbocycles. The van der Waals surface area contributed by atoms with E-state index in [1.807, 2.05) is 0 Å². The van der Waals surface area contributed by atoms with Crippen molar-refractivity contribution < 1.29 is 18.3 Å². The number of halogens is 2. The molecule has 1 saturated carbocycles. The number of rotatable bonds is 4. The molecule has 0 saturated heterocycles. The Labute approximate surface area is 126 Å². The van der Waals surface area contributed by atoms with Crippen molar-refractivity contribution in [2.24, 2.45) is 5.92 Å². The zero-order valence-electron chi connectivity index (χ0n) is 10.3. The van der Waals surface area contributed by atoms with Crippen LogP contribution in [-0.2, 0) is 14.8 Å². The third-order valence-corrected chi connectivity index (χ3v) is 5.80. The fraction of sp³-hybridized carbons (Fsp3) is 0.417. The number of benzene rings is 1. The minimum Gasteiger partial charge on any atom is -0.481 e. The standard InChI is InChI=1S/C12H13Cl2NO4S/c13-9-2-1-3-10(11(9)14)20(18,19)15-8-5-4-7(6-8)12(16)17/h1-3,7-8,15H,4-6H2,(H,16,17). The van der Waals surface area contributed by atoms with Gasteiger partial charge in [-0.2, -0.15) is 0 Å². The van der Waals surface area contributed by atoms with E-state index in [9.17, 15) is 13.2 Å². The molecule has 1 aliphatic carbocycles. The minimum absolute atomic E-state index is 0.0329. The Morgan fingerprint density at radius 3 is 2.60 bits per heavy atom. The van der Waals surface area contributed by atoms with Gasteiger partial charge >= 0.3 is 5.97 Å². The first-order valence-corrected chi connectivity index (χ1v) is 8.24. The summed E-state index contributed by atoms with van der Waals surface area (Å²) in [5, 5.41) is 9.04. The van der Waals surface area contributed by atoms with Crippen LogP contribution in [0.15, 0.2) is 23.1 Å². The third-order valence-electron chi connectivity index (χ3n) is 3.31. The number of carbonyl (C=O) groups is 1. The van der Waals surface area contributed by atoms with E-state index in [0.717, 1.165) is 0 Å². The van der Waals surface area contributed by atoms with Crippen molar-refractivity contribution in [2.75, 3.05) is 0 Å². The number of hydrogen-bond donors (Lipinski definition) is 2. The zero-order chi connectivity index (χ0) is 14.9. The van der Waals surface area contributed by atoms with Crippen LogP contribution in [0.5, 0.6) is 0 Å². The average molecular weight is 338 g/mol. The monoisotopic (exact) mass is 337 g/mol. The molecule has 2 atom stereocenters. The van der Waals surface area contributed by atoms with Gasteiger partial charge in [0.2, 0.25) is 10.0 Å². The summed E-state index contributed by atoms with van der Waals surface area (Å²) >= 11 is 11.7. The fourth-order valence-electron chi connectivity index (χ4n) is 2.29. The SMILES string of the molecule is O=C(O)C1CCC(NS(=O)(=O)c2cccc(Cl)c2Cl)C1.